The van der Waals surface area contributed by atoms with Crippen LogP contribution in [0, 0.1) is 12.8 Å². The lowest BCUT2D eigenvalue weighted by Gasteiger charge is -2.30. The number of hydrogen-bond acceptors (Lipinski definition) is 2. The van der Waals surface area contributed by atoms with Gasteiger partial charge in [0.15, 0.2) is 0 Å². The summed E-state index contributed by atoms with van der Waals surface area (Å²) >= 11 is 6.17. The summed E-state index contributed by atoms with van der Waals surface area (Å²) in [4.78, 5) is 2.41. The van der Waals surface area contributed by atoms with Gasteiger partial charge in [0.25, 0.3) is 0 Å². The largest absolute Gasteiger partial charge is 0.384 e. The summed E-state index contributed by atoms with van der Waals surface area (Å²) in [6.07, 6.45) is 2.63. The summed E-state index contributed by atoms with van der Waals surface area (Å²) in [5.41, 5.74) is 2.32. The third-order valence-corrected chi connectivity index (χ3v) is 3.75. The Hall–Kier alpha value is -0.730. The summed E-state index contributed by atoms with van der Waals surface area (Å²) < 4.78 is 0. The molecule has 2 rings (SSSR count). The minimum atomic E-state index is 0.741. The molecule has 1 unspecified atom stereocenters. The average molecular weight is 253 g/mol. The molecule has 1 aliphatic rings. The van der Waals surface area contributed by atoms with E-state index in [1.54, 1.807) is 0 Å². The Morgan fingerprint density at radius 2 is 2.29 bits per heavy atom. The van der Waals surface area contributed by atoms with E-state index >= 15 is 0 Å². The second-order valence-electron chi connectivity index (χ2n) is 5.13. The molecular formula is C14H21ClN2. The van der Waals surface area contributed by atoms with Gasteiger partial charge in [-0.25, -0.2) is 0 Å². The third kappa shape index (κ3) is 3.62. The Morgan fingerprint density at radius 3 is 3.06 bits per heavy atom. The van der Waals surface area contributed by atoms with Crippen molar-refractivity contribution in [3.05, 3.63) is 28.8 Å². The third-order valence-electron chi connectivity index (χ3n) is 3.43. The molecule has 1 heterocycles. The molecule has 0 bridgehead atoms. The molecule has 1 aliphatic heterocycles. The van der Waals surface area contributed by atoms with E-state index < -0.39 is 0 Å². The summed E-state index contributed by atoms with van der Waals surface area (Å²) in [5, 5.41) is 4.30. The molecule has 1 saturated heterocycles. The fourth-order valence-electron chi connectivity index (χ4n) is 2.47. The minimum absolute atomic E-state index is 0.741. The normalized spacial score (nSPS) is 21.5. The quantitative estimate of drug-likeness (QED) is 0.887. The van der Waals surface area contributed by atoms with Gasteiger partial charge in [-0.15, -0.1) is 0 Å². The lowest BCUT2D eigenvalue weighted by atomic mass is 9.98. The van der Waals surface area contributed by atoms with Crippen molar-refractivity contribution in [1.82, 2.24) is 4.90 Å². The molecule has 0 aliphatic carbocycles. The van der Waals surface area contributed by atoms with Crippen LogP contribution >= 0.6 is 11.6 Å². The zero-order valence-corrected chi connectivity index (χ0v) is 11.4. The molecule has 1 aromatic rings. The van der Waals surface area contributed by atoms with Gasteiger partial charge in [-0.1, -0.05) is 17.7 Å². The molecule has 1 atom stereocenters. The molecule has 94 valence electrons. The van der Waals surface area contributed by atoms with Gasteiger partial charge in [0, 0.05) is 13.1 Å². The van der Waals surface area contributed by atoms with Crippen LogP contribution in [0.25, 0.3) is 0 Å². The molecule has 1 aromatic carbocycles. The molecule has 0 radical (unpaired) electrons. The van der Waals surface area contributed by atoms with E-state index in [1.807, 2.05) is 12.1 Å². The number of halogens is 1. The lowest BCUT2D eigenvalue weighted by molar-refractivity contribution is 0.217. The zero-order valence-electron chi connectivity index (χ0n) is 10.7. The van der Waals surface area contributed by atoms with Crippen LogP contribution in [-0.2, 0) is 0 Å². The van der Waals surface area contributed by atoms with Gasteiger partial charge in [0.1, 0.15) is 0 Å². The van der Waals surface area contributed by atoms with E-state index in [0.29, 0.717) is 0 Å². The van der Waals surface area contributed by atoms with E-state index in [9.17, 15) is 0 Å². The molecular weight excluding hydrogens is 232 g/mol. The van der Waals surface area contributed by atoms with Crippen molar-refractivity contribution < 1.29 is 0 Å². The predicted molar refractivity (Wildman–Crippen MR) is 74.9 cm³/mol. The van der Waals surface area contributed by atoms with Gasteiger partial charge in [-0.3, -0.25) is 0 Å². The summed E-state index contributed by atoms with van der Waals surface area (Å²) in [6.45, 7) is 5.54. The van der Waals surface area contributed by atoms with Gasteiger partial charge in [0.05, 0.1) is 10.7 Å². The first-order valence-electron chi connectivity index (χ1n) is 6.33. The zero-order chi connectivity index (χ0) is 12.3. The van der Waals surface area contributed by atoms with Gasteiger partial charge < -0.3 is 10.2 Å². The van der Waals surface area contributed by atoms with Crippen molar-refractivity contribution >= 4 is 17.3 Å². The Morgan fingerprint density at radius 1 is 1.47 bits per heavy atom. The van der Waals surface area contributed by atoms with Gasteiger partial charge in [0.2, 0.25) is 0 Å². The monoisotopic (exact) mass is 252 g/mol. The number of anilines is 1. The Bertz CT molecular complexity index is 378. The first-order valence-corrected chi connectivity index (χ1v) is 6.71. The molecule has 17 heavy (non-hydrogen) atoms. The Kier molecular flexibility index (Phi) is 4.30. The fourth-order valence-corrected chi connectivity index (χ4v) is 2.65. The van der Waals surface area contributed by atoms with E-state index in [-0.39, 0.29) is 0 Å². The Labute approximate surface area is 109 Å². The predicted octanol–water partition coefficient (Wildman–Crippen LogP) is 3.40. The molecule has 2 nitrogen and oxygen atoms in total. The maximum Gasteiger partial charge on any atom is 0.0637 e. The standard InChI is InChI=1S/C14H21ClN2/c1-11-5-6-13(15)14(8-11)16-9-12-4-3-7-17(2)10-12/h5-6,8,12,16H,3-4,7,9-10H2,1-2H3. The number of hydrogen-bond donors (Lipinski definition) is 1. The van der Waals surface area contributed by atoms with Crippen molar-refractivity contribution in [3.8, 4) is 0 Å². The first kappa shape index (κ1) is 12.7. The van der Waals surface area contributed by atoms with E-state index in [2.05, 4.69) is 30.3 Å². The van der Waals surface area contributed by atoms with E-state index in [1.165, 1.54) is 31.5 Å². The summed E-state index contributed by atoms with van der Waals surface area (Å²) in [6, 6.07) is 6.13. The Balaban J connectivity index is 1.90. The molecule has 1 N–H and O–H groups in total. The van der Waals surface area contributed by atoms with Gasteiger partial charge in [-0.05, 0) is 57.0 Å². The van der Waals surface area contributed by atoms with Crippen LogP contribution in [0.15, 0.2) is 18.2 Å². The number of aryl methyl sites for hydroxylation is 1. The maximum atomic E-state index is 6.17. The van der Waals surface area contributed by atoms with Crippen molar-refractivity contribution in [1.29, 1.82) is 0 Å². The highest BCUT2D eigenvalue weighted by Crippen LogP contribution is 2.24. The minimum Gasteiger partial charge on any atom is -0.384 e. The van der Waals surface area contributed by atoms with Crippen LogP contribution in [0.5, 0.6) is 0 Å². The van der Waals surface area contributed by atoms with Crippen molar-refractivity contribution in [2.24, 2.45) is 5.92 Å². The smallest absolute Gasteiger partial charge is 0.0637 e. The SMILES string of the molecule is Cc1ccc(Cl)c(NCC2CCCN(C)C2)c1. The van der Waals surface area contributed by atoms with Crippen LogP contribution in [0.2, 0.25) is 5.02 Å². The number of likely N-dealkylation sites (tertiary alicyclic amines) is 1. The van der Waals surface area contributed by atoms with Crippen molar-refractivity contribution in [2.75, 3.05) is 32.0 Å². The lowest BCUT2D eigenvalue weighted by Crippen LogP contribution is -2.35. The van der Waals surface area contributed by atoms with Crippen LogP contribution < -0.4 is 5.32 Å². The summed E-state index contributed by atoms with van der Waals surface area (Å²) in [5.74, 6) is 0.741. The van der Waals surface area contributed by atoms with Crippen LogP contribution in [0.4, 0.5) is 5.69 Å². The second kappa shape index (κ2) is 5.74. The fraction of sp³-hybridized carbons (Fsp3) is 0.571. The number of nitrogens with one attached hydrogen (secondary N) is 1. The van der Waals surface area contributed by atoms with Gasteiger partial charge >= 0.3 is 0 Å². The molecule has 3 heteroatoms. The highest BCUT2D eigenvalue weighted by molar-refractivity contribution is 6.33. The van der Waals surface area contributed by atoms with Crippen LogP contribution in [0.1, 0.15) is 18.4 Å². The number of benzene rings is 1. The van der Waals surface area contributed by atoms with Crippen molar-refractivity contribution in [2.45, 2.75) is 19.8 Å². The van der Waals surface area contributed by atoms with Crippen LogP contribution in [-0.4, -0.2) is 31.6 Å². The molecule has 0 saturated carbocycles. The first-order chi connectivity index (χ1) is 8.15. The van der Waals surface area contributed by atoms with Crippen molar-refractivity contribution in [3.63, 3.8) is 0 Å². The van der Waals surface area contributed by atoms with E-state index in [4.69, 9.17) is 11.6 Å². The number of piperidine rings is 1. The average Bonchev–Trinajstić information content (AvgIpc) is 2.30. The summed E-state index contributed by atoms with van der Waals surface area (Å²) in [7, 11) is 2.20. The molecule has 1 fully saturated rings. The highest BCUT2D eigenvalue weighted by atomic mass is 35.5. The maximum absolute atomic E-state index is 6.17. The number of rotatable bonds is 3. The number of nitrogens with zero attached hydrogens (tertiary/aromatic N) is 1. The molecule has 0 amide bonds. The van der Waals surface area contributed by atoms with E-state index in [0.717, 1.165) is 23.2 Å². The molecule has 0 spiro atoms. The van der Waals surface area contributed by atoms with Crippen LogP contribution in [0.3, 0.4) is 0 Å². The highest BCUT2D eigenvalue weighted by Gasteiger charge is 2.16. The van der Waals surface area contributed by atoms with Gasteiger partial charge in [-0.2, -0.15) is 0 Å². The second-order valence-corrected chi connectivity index (χ2v) is 5.54. The molecule has 0 aromatic heterocycles. The topological polar surface area (TPSA) is 15.3 Å².